The van der Waals surface area contributed by atoms with Crippen molar-refractivity contribution < 1.29 is 82.8 Å². The average Bonchev–Trinajstić information content (AvgIpc) is 3.75. The minimum Gasteiger partial charge on any atom is -0.550 e. The number of ether oxygens (including phenoxy) is 7. The topological polar surface area (TPSA) is 145 Å². The van der Waals surface area contributed by atoms with Crippen molar-refractivity contribution in [2.24, 2.45) is 41.4 Å². The van der Waals surface area contributed by atoms with E-state index in [1.807, 2.05) is 6.92 Å². The van der Waals surface area contributed by atoms with Crippen LogP contribution in [0.3, 0.4) is 0 Å². The van der Waals surface area contributed by atoms with Crippen molar-refractivity contribution in [1.82, 2.24) is 0 Å². The molecule has 0 radical (unpaired) electrons. The molecule has 0 aromatic rings. The Bertz CT molecular complexity index is 1240. The molecule has 0 aliphatic carbocycles. The van der Waals surface area contributed by atoms with Crippen LogP contribution in [0.5, 0.6) is 0 Å². The molecule has 1 spiro atoms. The molecular formula is C40H67NaO11. The molecule has 294 valence electrons. The van der Waals surface area contributed by atoms with E-state index in [4.69, 9.17) is 33.2 Å². The summed E-state index contributed by atoms with van der Waals surface area (Å²) in [4.78, 5) is 11.7. The zero-order valence-corrected chi connectivity index (χ0v) is 35.8. The normalized spacial score (nSPS) is 53.2. The van der Waals surface area contributed by atoms with E-state index in [0.717, 1.165) is 51.4 Å². The van der Waals surface area contributed by atoms with Gasteiger partial charge in [-0.3, -0.25) is 0 Å². The van der Waals surface area contributed by atoms with Crippen LogP contribution in [0.4, 0.5) is 0 Å². The van der Waals surface area contributed by atoms with Gasteiger partial charge in [-0.1, -0.05) is 48.5 Å². The molecule has 2 N–H and O–H groups in total. The zero-order valence-electron chi connectivity index (χ0n) is 33.8. The van der Waals surface area contributed by atoms with Crippen molar-refractivity contribution >= 4 is 5.97 Å². The van der Waals surface area contributed by atoms with E-state index in [0.29, 0.717) is 6.42 Å². The quantitative estimate of drug-likeness (QED) is 0.331. The predicted molar refractivity (Wildman–Crippen MR) is 186 cm³/mol. The number of methoxy groups -OCH3 is 1. The number of aliphatic hydroxyl groups excluding tert-OH is 1. The summed E-state index contributed by atoms with van der Waals surface area (Å²) in [5.74, 6) is -3.70. The average molecular weight is 747 g/mol. The maximum atomic E-state index is 11.7. The van der Waals surface area contributed by atoms with Gasteiger partial charge in [-0.2, -0.15) is 0 Å². The van der Waals surface area contributed by atoms with Crippen LogP contribution in [0.2, 0.25) is 0 Å². The zero-order chi connectivity index (χ0) is 37.3. The van der Waals surface area contributed by atoms with Gasteiger partial charge in [0.25, 0.3) is 0 Å². The van der Waals surface area contributed by atoms with Crippen LogP contribution in [0, 0.1) is 41.4 Å². The van der Waals surface area contributed by atoms with Crippen LogP contribution < -0.4 is 34.7 Å². The Kier molecular flexibility index (Phi) is 13.4. The van der Waals surface area contributed by atoms with Gasteiger partial charge in [0.1, 0.15) is 0 Å². The third kappa shape index (κ3) is 7.85. The Balaban J connectivity index is 0.00000523. The van der Waals surface area contributed by atoms with Crippen molar-refractivity contribution in [1.29, 1.82) is 0 Å². The first kappa shape index (κ1) is 43.2. The Hall–Kier alpha value is 0.110. The number of aliphatic hydroxyl groups is 2. The summed E-state index contributed by atoms with van der Waals surface area (Å²) < 4.78 is 46.9. The number of carbonyl (C=O) groups is 1. The summed E-state index contributed by atoms with van der Waals surface area (Å²) in [5.41, 5.74) is -1.11. The molecule has 0 amide bonds. The number of carboxylic acid groups (broad SMARTS) is 1. The number of hydrogen-bond donors (Lipinski definition) is 2. The summed E-state index contributed by atoms with van der Waals surface area (Å²) in [5, 5.41) is 32.7. The van der Waals surface area contributed by atoms with E-state index in [1.165, 1.54) is 0 Å². The molecule has 0 unspecified atom stereocenters. The fourth-order valence-corrected chi connectivity index (χ4v) is 11.3. The molecule has 0 saturated carbocycles. The molecular weight excluding hydrogens is 679 g/mol. The Labute approximate surface area is 334 Å². The first-order valence-electron chi connectivity index (χ1n) is 20.0. The molecule has 19 atom stereocenters. The van der Waals surface area contributed by atoms with E-state index in [-0.39, 0.29) is 114 Å². The van der Waals surface area contributed by atoms with Crippen molar-refractivity contribution in [2.45, 2.75) is 192 Å². The van der Waals surface area contributed by atoms with Crippen molar-refractivity contribution in [2.75, 3.05) is 13.7 Å². The van der Waals surface area contributed by atoms with Gasteiger partial charge in [-0.15, -0.1) is 0 Å². The molecule has 6 rings (SSSR count). The van der Waals surface area contributed by atoms with Gasteiger partial charge in [-0.05, 0) is 76.5 Å². The molecule has 0 bridgehead atoms. The summed E-state index contributed by atoms with van der Waals surface area (Å²) in [6.07, 6.45) is 5.62. The fraction of sp³-hybridized carbons (Fsp3) is 0.975. The number of carbonyl (C=O) groups excluding carboxylic acids is 1. The second kappa shape index (κ2) is 16.2. The smallest absolute Gasteiger partial charge is 0.550 e. The third-order valence-electron chi connectivity index (χ3n) is 14.4. The second-order valence-corrected chi connectivity index (χ2v) is 18.4. The first-order valence-corrected chi connectivity index (χ1v) is 20.0. The molecule has 0 aromatic heterocycles. The second-order valence-electron chi connectivity index (χ2n) is 18.4. The van der Waals surface area contributed by atoms with Crippen LogP contribution >= 0.6 is 0 Å². The number of aliphatic carboxylic acids is 1. The van der Waals surface area contributed by atoms with Gasteiger partial charge in [-0.25, -0.2) is 0 Å². The Morgan fingerprint density at radius 3 is 2.25 bits per heavy atom. The maximum absolute atomic E-state index is 11.7. The van der Waals surface area contributed by atoms with Crippen molar-refractivity contribution in [3.63, 3.8) is 0 Å². The van der Waals surface area contributed by atoms with E-state index in [9.17, 15) is 20.1 Å². The molecule has 11 nitrogen and oxygen atoms in total. The summed E-state index contributed by atoms with van der Waals surface area (Å²) in [6, 6.07) is 0. The van der Waals surface area contributed by atoms with E-state index in [2.05, 4.69) is 48.5 Å². The minimum atomic E-state index is -1.55. The molecule has 12 heteroatoms. The SMILES string of the molecule is CO[C@@H]1C[C@@H](C[C@H]2CC[C@H](C)[C@H]([C@@H](C)C(=O)[O-])O2)O[C@]2(O[C@@](C)([C@H]3CC[C@@](C)([C@@H]4O[C@@H]([C@H]5O[C@@](O)(CO)[C@H](C)C[C@@H]5C)C[C@@H]4C)O3)C[C@H]2C)[C@@H]1C.[Na+]. The van der Waals surface area contributed by atoms with Crippen LogP contribution in [-0.4, -0.2) is 102 Å². The molecule has 0 aromatic carbocycles. The molecule has 6 fully saturated rings. The van der Waals surface area contributed by atoms with Gasteiger partial charge in [0.2, 0.25) is 0 Å². The standard InChI is InChI=1S/C40H68O11.Na/c1-21-11-12-28(46-33(21)26(6)36(42)43)17-29-18-30(45-10)27(7)40(48-29)25(5)19-38(9,51-40)32-13-14-37(8,49-32)35-23(3)16-31(47-35)34-22(2)15-24(4)39(44,20-41)50-34;/h21-35,41,44H,11-20H2,1-10H3,(H,42,43);/q;+1/p-1/t21-,22-,23-,24+,25+,26+,27+,28+,29+,30+,31+,32+,33+,34-,35+,37-,38+,39-,40+;/m0./s1. The first-order chi connectivity index (χ1) is 23.9. The molecule has 52 heavy (non-hydrogen) atoms. The van der Waals surface area contributed by atoms with Gasteiger partial charge in [0.05, 0.1) is 66.6 Å². The van der Waals surface area contributed by atoms with Crippen LogP contribution in [0.25, 0.3) is 0 Å². The van der Waals surface area contributed by atoms with Gasteiger partial charge >= 0.3 is 29.6 Å². The fourth-order valence-electron chi connectivity index (χ4n) is 11.3. The van der Waals surface area contributed by atoms with E-state index < -0.39 is 41.3 Å². The van der Waals surface area contributed by atoms with Crippen LogP contribution in [0.15, 0.2) is 0 Å². The summed E-state index contributed by atoms with van der Waals surface area (Å²) >= 11 is 0. The Morgan fingerprint density at radius 2 is 1.60 bits per heavy atom. The van der Waals surface area contributed by atoms with E-state index in [1.54, 1.807) is 14.0 Å². The largest absolute Gasteiger partial charge is 1.00 e. The van der Waals surface area contributed by atoms with Gasteiger partial charge in [0.15, 0.2) is 11.6 Å². The number of hydrogen-bond acceptors (Lipinski definition) is 11. The molecule has 6 aliphatic rings. The van der Waals surface area contributed by atoms with Gasteiger partial charge in [0, 0.05) is 49.6 Å². The number of rotatable bonds is 9. The van der Waals surface area contributed by atoms with Crippen molar-refractivity contribution in [3.05, 3.63) is 0 Å². The maximum Gasteiger partial charge on any atom is 1.00 e. The predicted octanol–water partition coefficient (Wildman–Crippen LogP) is 1.37. The number of carboxylic acids is 1. The van der Waals surface area contributed by atoms with Crippen LogP contribution in [-0.2, 0) is 38.0 Å². The van der Waals surface area contributed by atoms with Crippen molar-refractivity contribution in [3.8, 4) is 0 Å². The van der Waals surface area contributed by atoms with E-state index >= 15 is 0 Å². The van der Waals surface area contributed by atoms with Crippen LogP contribution in [0.1, 0.15) is 120 Å². The van der Waals surface area contributed by atoms with Gasteiger partial charge < -0.3 is 53.3 Å². The summed E-state index contributed by atoms with van der Waals surface area (Å²) in [7, 11) is 1.76. The molecule has 6 saturated heterocycles. The Morgan fingerprint density at radius 1 is 0.885 bits per heavy atom. The minimum absolute atomic E-state index is 0. The monoisotopic (exact) mass is 746 g/mol. The third-order valence-corrected chi connectivity index (χ3v) is 14.4. The molecule has 6 aliphatic heterocycles. The molecule has 6 heterocycles. The summed E-state index contributed by atoms with van der Waals surface area (Å²) in [6.45, 7) is 18.3.